The van der Waals surface area contributed by atoms with E-state index in [2.05, 4.69) is 30.8 Å². The summed E-state index contributed by atoms with van der Waals surface area (Å²) in [7, 11) is 0. The van der Waals surface area contributed by atoms with Gasteiger partial charge in [0, 0.05) is 18.1 Å². The van der Waals surface area contributed by atoms with Crippen molar-refractivity contribution in [3.63, 3.8) is 0 Å². The molecule has 2 aromatic rings. The Labute approximate surface area is 110 Å². The lowest BCUT2D eigenvalue weighted by atomic mass is 10.2. The van der Waals surface area contributed by atoms with E-state index < -0.39 is 0 Å². The Kier molecular flexibility index (Phi) is 2.86. The molecule has 0 saturated heterocycles. The number of ether oxygens (including phenoxy) is 2. The highest BCUT2D eigenvalue weighted by atomic mass is 79.9. The van der Waals surface area contributed by atoms with Gasteiger partial charge in [0.15, 0.2) is 11.5 Å². The molecule has 5 nitrogen and oxygen atoms in total. The summed E-state index contributed by atoms with van der Waals surface area (Å²) in [5, 5.41) is 7.94. The Morgan fingerprint density at radius 1 is 1.41 bits per heavy atom. The predicted octanol–water partition coefficient (Wildman–Crippen LogP) is 2.64. The van der Waals surface area contributed by atoms with E-state index in [1.54, 1.807) is 6.20 Å². The van der Waals surface area contributed by atoms with Crippen LogP contribution in [0.4, 0.5) is 5.00 Å². The number of aromatic nitrogens is 2. The van der Waals surface area contributed by atoms with Gasteiger partial charge < -0.3 is 14.8 Å². The summed E-state index contributed by atoms with van der Waals surface area (Å²) in [6.45, 7) is 0.975. The molecular weight excluding hydrogens is 306 g/mol. The van der Waals surface area contributed by atoms with Crippen LogP contribution >= 0.6 is 27.5 Å². The summed E-state index contributed by atoms with van der Waals surface area (Å²) in [6.07, 6.45) is 1.70. The Bertz CT molecular complexity index is 533. The third kappa shape index (κ3) is 2.20. The first kappa shape index (κ1) is 10.8. The minimum atomic E-state index is 0.281. The third-order valence-corrected chi connectivity index (χ3v) is 3.53. The van der Waals surface area contributed by atoms with Crippen molar-refractivity contribution < 1.29 is 9.47 Å². The monoisotopic (exact) mass is 313 g/mol. The number of hydrogen-bond donors (Lipinski definition) is 1. The largest absolute Gasteiger partial charge is 0.454 e. The molecule has 88 valence electrons. The molecule has 1 aromatic carbocycles. The molecule has 0 aliphatic carbocycles. The molecule has 0 amide bonds. The fraction of sp³-hybridized carbons (Fsp3) is 0.200. The van der Waals surface area contributed by atoms with Crippen LogP contribution in [0.5, 0.6) is 11.5 Å². The zero-order chi connectivity index (χ0) is 11.7. The number of halogens is 1. The molecule has 0 radical (unpaired) electrons. The van der Waals surface area contributed by atoms with Crippen molar-refractivity contribution in [1.29, 1.82) is 0 Å². The fourth-order valence-electron chi connectivity index (χ4n) is 1.56. The number of nitrogens with zero attached hydrogens (tertiary/aromatic N) is 2. The van der Waals surface area contributed by atoms with Crippen molar-refractivity contribution in [2.75, 3.05) is 12.1 Å². The SMILES string of the molecule is Brc1cc(CNc2cnns2)cc2c1OCO2. The second-order valence-corrected chi connectivity index (χ2v) is 5.09. The van der Waals surface area contributed by atoms with E-state index >= 15 is 0 Å². The highest BCUT2D eigenvalue weighted by Crippen LogP contribution is 2.40. The van der Waals surface area contributed by atoms with Crippen LogP contribution in [-0.2, 0) is 6.54 Å². The molecule has 1 aliphatic rings. The van der Waals surface area contributed by atoms with Gasteiger partial charge in [0.2, 0.25) is 6.79 Å². The van der Waals surface area contributed by atoms with Gasteiger partial charge in [0.1, 0.15) is 5.00 Å². The summed E-state index contributed by atoms with van der Waals surface area (Å²) >= 11 is 4.79. The number of anilines is 1. The molecule has 0 atom stereocenters. The van der Waals surface area contributed by atoms with Crippen molar-refractivity contribution in [2.24, 2.45) is 0 Å². The maximum atomic E-state index is 5.35. The van der Waals surface area contributed by atoms with Crippen LogP contribution in [0.2, 0.25) is 0 Å². The molecule has 2 heterocycles. The van der Waals surface area contributed by atoms with Gasteiger partial charge in [0.25, 0.3) is 0 Å². The summed E-state index contributed by atoms with van der Waals surface area (Å²) < 4.78 is 15.4. The molecule has 0 unspecified atom stereocenters. The van der Waals surface area contributed by atoms with Crippen LogP contribution in [0.1, 0.15) is 5.56 Å². The molecule has 0 spiro atoms. The molecule has 0 fully saturated rings. The van der Waals surface area contributed by atoms with E-state index in [1.165, 1.54) is 11.5 Å². The summed E-state index contributed by atoms with van der Waals surface area (Å²) in [5.41, 5.74) is 1.11. The second-order valence-electron chi connectivity index (χ2n) is 3.45. The fourth-order valence-corrected chi connectivity index (χ4v) is 2.57. The first-order valence-electron chi connectivity index (χ1n) is 4.92. The van der Waals surface area contributed by atoms with Crippen molar-refractivity contribution in [3.8, 4) is 11.5 Å². The number of rotatable bonds is 3. The molecule has 0 bridgehead atoms. The lowest BCUT2D eigenvalue weighted by molar-refractivity contribution is 0.173. The molecule has 7 heteroatoms. The third-order valence-electron chi connectivity index (χ3n) is 2.32. The van der Waals surface area contributed by atoms with E-state index in [0.717, 1.165) is 26.5 Å². The first-order chi connectivity index (χ1) is 8.33. The molecule has 0 saturated carbocycles. The molecule has 1 aliphatic heterocycles. The highest BCUT2D eigenvalue weighted by Gasteiger charge is 2.17. The van der Waals surface area contributed by atoms with Gasteiger partial charge >= 0.3 is 0 Å². The van der Waals surface area contributed by atoms with Crippen molar-refractivity contribution in [1.82, 2.24) is 9.59 Å². The van der Waals surface area contributed by atoms with Crippen LogP contribution in [0.15, 0.2) is 22.8 Å². The van der Waals surface area contributed by atoms with Crippen LogP contribution in [0, 0.1) is 0 Å². The number of fused-ring (bicyclic) bond motifs is 1. The number of hydrogen-bond acceptors (Lipinski definition) is 6. The first-order valence-corrected chi connectivity index (χ1v) is 6.49. The smallest absolute Gasteiger partial charge is 0.231 e. The van der Waals surface area contributed by atoms with E-state index in [1.807, 2.05) is 12.1 Å². The Balaban J connectivity index is 1.78. The van der Waals surface area contributed by atoms with E-state index in [0.29, 0.717) is 6.54 Å². The molecule has 1 N–H and O–H groups in total. The van der Waals surface area contributed by atoms with Crippen molar-refractivity contribution in [3.05, 3.63) is 28.4 Å². The number of benzene rings is 1. The van der Waals surface area contributed by atoms with Crippen LogP contribution < -0.4 is 14.8 Å². The summed E-state index contributed by atoms with van der Waals surface area (Å²) in [4.78, 5) is 0. The predicted molar refractivity (Wildman–Crippen MR) is 67.5 cm³/mol. The van der Waals surface area contributed by atoms with Crippen LogP contribution in [0.25, 0.3) is 0 Å². The average molecular weight is 314 g/mol. The van der Waals surface area contributed by atoms with Gasteiger partial charge in [0.05, 0.1) is 10.7 Å². The molecule has 1 aromatic heterocycles. The van der Waals surface area contributed by atoms with Crippen LogP contribution in [-0.4, -0.2) is 16.4 Å². The van der Waals surface area contributed by atoms with Crippen LogP contribution in [0.3, 0.4) is 0 Å². The lowest BCUT2D eigenvalue weighted by Crippen LogP contribution is -1.97. The summed E-state index contributed by atoms with van der Waals surface area (Å²) in [5.74, 6) is 1.55. The number of nitrogens with one attached hydrogen (secondary N) is 1. The minimum Gasteiger partial charge on any atom is -0.454 e. The standard InChI is InChI=1S/C10H8BrN3O2S/c11-7-1-6(2-8-10(7)16-5-15-8)3-12-9-4-13-14-17-9/h1-2,4,12H,3,5H2. The van der Waals surface area contributed by atoms with Crippen molar-refractivity contribution >= 4 is 32.5 Å². The van der Waals surface area contributed by atoms with Gasteiger partial charge in [-0.05, 0) is 33.6 Å². The van der Waals surface area contributed by atoms with Gasteiger partial charge in [-0.3, -0.25) is 0 Å². The van der Waals surface area contributed by atoms with Gasteiger partial charge in [-0.15, -0.1) is 5.10 Å². The van der Waals surface area contributed by atoms with E-state index in [4.69, 9.17) is 9.47 Å². The Hall–Kier alpha value is -1.34. The second kappa shape index (κ2) is 4.50. The zero-order valence-corrected chi connectivity index (χ0v) is 11.0. The van der Waals surface area contributed by atoms with Gasteiger partial charge in [-0.1, -0.05) is 4.49 Å². The highest BCUT2D eigenvalue weighted by molar-refractivity contribution is 9.10. The summed E-state index contributed by atoms with van der Waals surface area (Å²) in [6, 6.07) is 3.98. The zero-order valence-electron chi connectivity index (χ0n) is 8.64. The topological polar surface area (TPSA) is 56.3 Å². The van der Waals surface area contributed by atoms with Gasteiger partial charge in [-0.25, -0.2) is 0 Å². The normalized spacial score (nSPS) is 12.8. The maximum Gasteiger partial charge on any atom is 0.231 e. The molecule has 3 rings (SSSR count). The van der Waals surface area contributed by atoms with Gasteiger partial charge in [-0.2, -0.15) is 0 Å². The van der Waals surface area contributed by atoms with E-state index in [9.17, 15) is 0 Å². The Morgan fingerprint density at radius 2 is 2.35 bits per heavy atom. The average Bonchev–Trinajstić information content (AvgIpc) is 2.97. The lowest BCUT2D eigenvalue weighted by Gasteiger charge is -2.06. The van der Waals surface area contributed by atoms with E-state index in [-0.39, 0.29) is 6.79 Å². The molecule has 17 heavy (non-hydrogen) atoms. The molecular formula is C10H8BrN3O2S. The Morgan fingerprint density at radius 3 is 3.18 bits per heavy atom. The maximum absolute atomic E-state index is 5.35. The minimum absolute atomic E-state index is 0.281. The quantitative estimate of drug-likeness (QED) is 0.944. The van der Waals surface area contributed by atoms with Crippen molar-refractivity contribution in [2.45, 2.75) is 6.54 Å².